The molecule has 0 fully saturated rings. The van der Waals surface area contributed by atoms with Crippen LogP contribution < -0.4 is 5.32 Å². The van der Waals surface area contributed by atoms with E-state index in [9.17, 15) is 5.11 Å². The van der Waals surface area contributed by atoms with Gasteiger partial charge in [-0.15, -0.1) is 24.0 Å². The van der Waals surface area contributed by atoms with Gasteiger partial charge in [0.15, 0.2) is 5.96 Å². The molecule has 5 nitrogen and oxygen atoms in total. The van der Waals surface area contributed by atoms with Crippen LogP contribution in [0.3, 0.4) is 0 Å². The Labute approximate surface area is 171 Å². The third-order valence-electron chi connectivity index (χ3n) is 3.65. The Kier molecular flexibility index (Phi) is 8.75. The molecule has 138 valence electrons. The summed E-state index contributed by atoms with van der Waals surface area (Å²) < 4.78 is 5.29. The molecule has 0 radical (unpaired) electrons. The SMILES string of the molecule is CCNC(=NCC(C)(O)c1ccco1)N(C)Cc1ccccc1Cl.I. The van der Waals surface area contributed by atoms with Crippen LogP contribution in [0.4, 0.5) is 0 Å². The van der Waals surface area contributed by atoms with Gasteiger partial charge >= 0.3 is 0 Å². The normalized spacial score (nSPS) is 13.7. The summed E-state index contributed by atoms with van der Waals surface area (Å²) >= 11 is 6.23. The summed E-state index contributed by atoms with van der Waals surface area (Å²) in [4.78, 5) is 6.52. The van der Waals surface area contributed by atoms with Crippen LogP contribution in [0, 0.1) is 0 Å². The molecule has 0 bridgehead atoms. The number of furan rings is 1. The lowest BCUT2D eigenvalue weighted by atomic mass is 10.0. The molecule has 0 amide bonds. The van der Waals surface area contributed by atoms with Crippen molar-refractivity contribution in [2.24, 2.45) is 4.99 Å². The van der Waals surface area contributed by atoms with Crippen molar-refractivity contribution in [2.45, 2.75) is 26.0 Å². The van der Waals surface area contributed by atoms with E-state index in [1.54, 1.807) is 25.3 Å². The third kappa shape index (κ3) is 6.20. The van der Waals surface area contributed by atoms with Crippen LogP contribution in [0.2, 0.25) is 5.02 Å². The summed E-state index contributed by atoms with van der Waals surface area (Å²) in [5.41, 5.74) is -0.139. The monoisotopic (exact) mass is 477 g/mol. The standard InChI is InChI=1S/C18H24ClN3O2.HI/c1-4-20-17(21-13-18(2,23)16-10-7-11-24-16)22(3)12-14-8-5-6-9-15(14)19;/h5-11,23H,4,12-13H2,1-3H3,(H,20,21);1H. The Hall–Kier alpha value is -1.25. The number of rotatable bonds is 6. The number of guanidine groups is 1. The molecule has 2 rings (SSSR count). The maximum absolute atomic E-state index is 10.5. The van der Waals surface area contributed by atoms with Gasteiger partial charge in [-0.3, -0.25) is 0 Å². The molecule has 25 heavy (non-hydrogen) atoms. The van der Waals surface area contributed by atoms with Crippen LogP contribution >= 0.6 is 35.6 Å². The number of aliphatic imine (C=N–C) groups is 1. The maximum Gasteiger partial charge on any atom is 0.194 e. The molecule has 1 aromatic heterocycles. The van der Waals surface area contributed by atoms with Crippen molar-refractivity contribution < 1.29 is 9.52 Å². The summed E-state index contributed by atoms with van der Waals surface area (Å²) in [5.74, 6) is 1.19. The second-order valence-corrected chi connectivity index (χ2v) is 6.28. The first-order valence-corrected chi connectivity index (χ1v) is 8.31. The lowest BCUT2D eigenvalue weighted by Gasteiger charge is -2.24. The predicted octanol–water partition coefficient (Wildman–Crippen LogP) is 3.86. The number of halogens is 2. The zero-order chi connectivity index (χ0) is 17.6. The average Bonchev–Trinajstić information content (AvgIpc) is 3.09. The predicted molar refractivity (Wildman–Crippen MR) is 113 cm³/mol. The first-order valence-electron chi connectivity index (χ1n) is 7.93. The van der Waals surface area contributed by atoms with Crippen molar-refractivity contribution in [1.82, 2.24) is 10.2 Å². The van der Waals surface area contributed by atoms with Gasteiger partial charge in [0, 0.05) is 25.2 Å². The van der Waals surface area contributed by atoms with Crippen molar-refractivity contribution in [3.63, 3.8) is 0 Å². The fourth-order valence-electron chi connectivity index (χ4n) is 2.32. The van der Waals surface area contributed by atoms with Crippen LogP contribution in [0.25, 0.3) is 0 Å². The fraction of sp³-hybridized carbons (Fsp3) is 0.389. The Morgan fingerprint density at radius 2 is 2.04 bits per heavy atom. The highest BCUT2D eigenvalue weighted by molar-refractivity contribution is 14.0. The van der Waals surface area contributed by atoms with E-state index in [0.29, 0.717) is 18.3 Å². The zero-order valence-electron chi connectivity index (χ0n) is 14.7. The van der Waals surface area contributed by atoms with Gasteiger partial charge in [-0.1, -0.05) is 29.8 Å². The van der Waals surface area contributed by atoms with Gasteiger partial charge in [0.2, 0.25) is 0 Å². The minimum atomic E-state index is -1.16. The van der Waals surface area contributed by atoms with E-state index in [1.165, 1.54) is 0 Å². The maximum atomic E-state index is 10.5. The number of hydrogen-bond acceptors (Lipinski definition) is 3. The molecule has 0 saturated heterocycles. The smallest absolute Gasteiger partial charge is 0.194 e. The Morgan fingerprint density at radius 3 is 2.64 bits per heavy atom. The molecule has 1 aromatic carbocycles. The molecule has 0 saturated carbocycles. The minimum Gasteiger partial charge on any atom is -0.466 e. The van der Waals surface area contributed by atoms with Gasteiger partial charge in [-0.2, -0.15) is 0 Å². The van der Waals surface area contributed by atoms with Gasteiger partial charge in [0.25, 0.3) is 0 Å². The Balaban J connectivity index is 0.00000312. The topological polar surface area (TPSA) is 61.0 Å². The molecule has 1 atom stereocenters. The lowest BCUT2D eigenvalue weighted by Crippen LogP contribution is -2.39. The highest BCUT2D eigenvalue weighted by atomic mass is 127. The zero-order valence-corrected chi connectivity index (χ0v) is 17.8. The first kappa shape index (κ1) is 21.8. The van der Waals surface area contributed by atoms with Crippen molar-refractivity contribution in [3.8, 4) is 0 Å². The first-order chi connectivity index (χ1) is 11.4. The Morgan fingerprint density at radius 1 is 1.32 bits per heavy atom. The molecule has 0 spiro atoms. The summed E-state index contributed by atoms with van der Waals surface area (Å²) in [6.45, 7) is 5.23. The molecule has 7 heteroatoms. The van der Waals surface area contributed by atoms with E-state index < -0.39 is 5.60 Å². The number of hydrogen-bond donors (Lipinski definition) is 2. The molecular formula is C18H25ClIN3O2. The van der Waals surface area contributed by atoms with E-state index in [1.807, 2.05) is 43.1 Å². The van der Waals surface area contributed by atoms with Crippen molar-refractivity contribution >= 4 is 41.5 Å². The van der Waals surface area contributed by atoms with E-state index >= 15 is 0 Å². The number of nitrogens with zero attached hydrogens (tertiary/aromatic N) is 2. The van der Waals surface area contributed by atoms with Crippen LogP contribution in [-0.4, -0.2) is 36.1 Å². The number of benzene rings is 1. The van der Waals surface area contributed by atoms with Gasteiger partial charge in [0.1, 0.15) is 11.4 Å². The molecule has 0 aliphatic carbocycles. The Bertz CT molecular complexity index is 675. The van der Waals surface area contributed by atoms with Gasteiger partial charge in [-0.05, 0) is 37.6 Å². The minimum absolute atomic E-state index is 0. The average molecular weight is 478 g/mol. The van der Waals surface area contributed by atoms with E-state index in [4.69, 9.17) is 16.0 Å². The molecule has 1 unspecified atom stereocenters. The van der Waals surface area contributed by atoms with Crippen molar-refractivity contribution in [3.05, 3.63) is 59.0 Å². The second kappa shape index (κ2) is 10.0. The molecule has 1 heterocycles. The van der Waals surface area contributed by atoms with Gasteiger partial charge in [0.05, 0.1) is 12.8 Å². The van der Waals surface area contributed by atoms with Crippen molar-refractivity contribution in [2.75, 3.05) is 20.1 Å². The fourth-order valence-corrected chi connectivity index (χ4v) is 2.51. The van der Waals surface area contributed by atoms with E-state index in [-0.39, 0.29) is 30.5 Å². The molecule has 0 aliphatic rings. The largest absolute Gasteiger partial charge is 0.466 e. The number of nitrogens with one attached hydrogen (secondary N) is 1. The lowest BCUT2D eigenvalue weighted by molar-refractivity contribution is 0.0435. The number of aliphatic hydroxyl groups is 1. The highest BCUT2D eigenvalue weighted by Gasteiger charge is 2.26. The summed E-state index contributed by atoms with van der Waals surface area (Å²) in [6.07, 6.45) is 1.54. The van der Waals surface area contributed by atoms with Crippen LogP contribution in [0.1, 0.15) is 25.2 Å². The molecule has 2 N–H and O–H groups in total. The van der Waals surface area contributed by atoms with E-state index in [2.05, 4.69) is 10.3 Å². The van der Waals surface area contributed by atoms with Crippen LogP contribution in [-0.2, 0) is 12.1 Å². The second-order valence-electron chi connectivity index (χ2n) is 5.87. The molecule has 0 aliphatic heterocycles. The van der Waals surface area contributed by atoms with E-state index in [0.717, 1.165) is 17.1 Å². The molecule has 2 aromatic rings. The highest BCUT2D eigenvalue weighted by Crippen LogP contribution is 2.21. The third-order valence-corrected chi connectivity index (χ3v) is 4.02. The quantitative estimate of drug-likeness (QED) is 0.377. The van der Waals surface area contributed by atoms with Crippen LogP contribution in [0.15, 0.2) is 52.1 Å². The van der Waals surface area contributed by atoms with Gasteiger partial charge in [-0.25, -0.2) is 4.99 Å². The summed E-state index contributed by atoms with van der Waals surface area (Å²) in [6, 6.07) is 11.2. The summed E-state index contributed by atoms with van der Waals surface area (Å²) in [7, 11) is 1.94. The van der Waals surface area contributed by atoms with Crippen molar-refractivity contribution in [1.29, 1.82) is 0 Å². The van der Waals surface area contributed by atoms with Gasteiger partial charge < -0.3 is 19.7 Å². The van der Waals surface area contributed by atoms with Crippen LogP contribution in [0.5, 0.6) is 0 Å². The molecular weight excluding hydrogens is 453 g/mol. The summed E-state index contributed by atoms with van der Waals surface area (Å²) in [5, 5.41) is 14.5.